The monoisotopic (exact) mass is 481 g/mol. The van der Waals surface area contributed by atoms with E-state index in [1.54, 1.807) is 13.1 Å². The molecule has 2 aromatic carbocycles. The molecule has 0 aliphatic carbocycles. The summed E-state index contributed by atoms with van der Waals surface area (Å²) < 4.78 is 37.7. The van der Waals surface area contributed by atoms with Crippen molar-refractivity contribution in [1.82, 2.24) is 10.6 Å². The number of hydrogen-bond donors (Lipinski definition) is 4. The topological polar surface area (TPSA) is 131 Å². The van der Waals surface area contributed by atoms with E-state index in [9.17, 15) is 22.8 Å². The van der Waals surface area contributed by atoms with E-state index in [2.05, 4.69) is 17.6 Å². The van der Waals surface area contributed by atoms with E-state index in [1.165, 1.54) is 0 Å². The van der Waals surface area contributed by atoms with Crippen molar-refractivity contribution in [3.8, 4) is 5.75 Å². The average Bonchev–Trinajstić information content (AvgIpc) is 3.16. The average molecular weight is 481 g/mol. The molecule has 0 fully saturated rings. The molecule has 1 aliphatic heterocycles. The Morgan fingerprint density at radius 3 is 2.29 bits per heavy atom. The minimum Gasteiger partial charge on any atom is -0.491 e. The minimum atomic E-state index is -5.08. The van der Waals surface area contributed by atoms with Gasteiger partial charge in [0.25, 0.3) is 11.8 Å². The Labute approximate surface area is 194 Å². The van der Waals surface area contributed by atoms with Gasteiger partial charge in [-0.1, -0.05) is 30.3 Å². The first-order chi connectivity index (χ1) is 16.0. The highest BCUT2D eigenvalue weighted by Crippen LogP contribution is 2.45. The standard InChI is InChI=1S/C21H25N3O3.C2HF3O2/c1-21(15-7-4-3-5-8-15)13-27-18-16(20(26)23-2)11-14(12-17(18)21)19(25)24-10-6-9-22;3-2(4,5)1(6)7/h3-5,7-8,11-12H,6,9-10,13,22H2,1-2H3,(H,23,26)(H,24,25);(H,6,7). The number of carboxylic acid groups (broad SMARTS) is 1. The molecule has 8 nitrogen and oxygen atoms in total. The van der Waals surface area contributed by atoms with E-state index in [-0.39, 0.29) is 11.8 Å². The van der Waals surface area contributed by atoms with E-state index < -0.39 is 17.6 Å². The van der Waals surface area contributed by atoms with E-state index in [4.69, 9.17) is 20.4 Å². The maximum atomic E-state index is 12.6. The van der Waals surface area contributed by atoms with Crippen molar-refractivity contribution >= 4 is 17.8 Å². The number of amides is 2. The Hall–Kier alpha value is -3.60. The number of ether oxygens (including phenoxy) is 1. The molecule has 1 unspecified atom stereocenters. The van der Waals surface area contributed by atoms with Crippen LogP contribution in [0.2, 0.25) is 0 Å². The first-order valence-electron chi connectivity index (χ1n) is 10.3. The fraction of sp³-hybridized carbons (Fsp3) is 0.348. The van der Waals surface area contributed by atoms with Gasteiger partial charge in [0.2, 0.25) is 0 Å². The second-order valence-corrected chi connectivity index (χ2v) is 7.67. The van der Waals surface area contributed by atoms with E-state index in [0.29, 0.717) is 43.0 Å². The SMILES string of the molecule is CNC(=O)c1cc(C(=O)NCCCN)cc2c1OCC2(C)c1ccccc1.O=C(O)C(F)(F)F. The highest BCUT2D eigenvalue weighted by atomic mass is 19.4. The van der Waals surface area contributed by atoms with Crippen LogP contribution >= 0.6 is 0 Å². The van der Waals surface area contributed by atoms with Gasteiger partial charge in [-0.25, -0.2) is 4.79 Å². The quantitative estimate of drug-likeness (QED) is 0.469. The summed E-state index contributed by atoms with van der Waals surface area (Å²) in [6.45, 7) is 3.48. The van der Waals surface area contributed by atoms with Crippen LogP contribution in [-0.2, 0) is 10.2 Å². The van der Waals surface area contributed by atoms with Crippen molar-refractivity contribution in [3.63, 3.8) is 0 Å². The van der Waals surface area contributed by atoms with Crippen LogP contribution in [0, 0.1) is 0 Å². The zero-order valence-electron chi connectivity index (χ0n) is 18.7. The lowest BCUT2D eigenvalue weighted by atomic mass is 9.77. The molecule has 184 valence electrons. The summed E-state index contributed by atoms with van der Waals surface area (Å²) >= 11 is 0. The molecule has 2 aromatic rings. The predicted octanol–water partition coefficient (Wildman–Crippen LogP) is 2.46. The van der Waals surface area contributed by atoms with Crippen molar-refractivity contribution in [2.75, 3.05) is 26.7 Å². The van der Waals surface area contributed by atoms with Gasteiger partial charge in [0, 0.05) is 24.7 Å². The van der Waals surface area contributed by atoms with Gasteiger partial charge in [0.15, 0.2) is 0 Å². The third-order valence-corrected chi connectivity index (χ3v) is 5.24. The number of fused-ring (bicyclic) bond motifs is 1. The number of hydrogen-bond acceptors (Lipinski definition) is 5. The van der Waals surface area contributed by atoms with Crippen LogP contribution in [-0.4, -0.2) is 55.8 Å². The highest BCUT2D eigenvalue weighted by molar-refractivity contribution is 6.02. The second-order valence-electron chi connectivity index (χ2n) is 7.67. The van der Waals surface area contributed by atoms with Crippen LogP contribution in [0.15, 0.2) is 42.5 Å². The molecule has 5 N–H and O–H groups in total. The fourth-order valence-corrected chi connectivity index (χ4v) is 3.37. The molecule has 3 rings (SSSR count). The number of rotatable bonds is 6. The number of alkyl halides is 3. The lowest BCUT2D eigenvalue weighted by molar-refractivity contribution is -0.192. The Kier molecular flexibility index (Phi) is 8.63. The van der Waals surface area contributed by atoms with Crippen molar-refractivity contribution in [2.45, 2.75) is 24.9 Å². The van der Waals surface area contributed by atoms with Gasteiger partial charge in [0.05, 0.1) is 11.0 Å². The third-order valence-electron chi connectivity index (χ3n) is 5.24. The fourth-order valence-electron chi connectivity index (χ4n) is 3.37. The molecule has 0 aromatic heterocycles. The van der Waals surface area contributed by atoms with Crippen molar-refractivity contribution in [1.29, 1.82) is 0 Å². The van der Waals surface area contributed by atoms with Crippen molar-refractivity contribution < 1.29 is 37.4 Å². The van der Waals surface area contributed by atoms with Gasteiger partial charge < -0.3 is 26.2 Å². The third kappa shape index (κ3) is 6.04. The number of benzene rings is 2. The maximum absolute atomic E-state index is 12.6. The molecule has 1 atom stereocenters. The van der Waals surface area contributed by atoms with E-state index in [1.807, 2.05) is 36.4 Å². The number of aliphatic carboxylic acids is 1. The number of nitrogens with one attached hydrogen (secondary N) is 2. The Morgan fingerprint density at radius 2 is 1.76 bits per heavy atom. The van der Waals surface area contributed by atoms with Crippen LogP contribution in [0.25, 0.3) is 0 Å². The molecule has 1 heterocycles. The predicted molar refractivity (Wildman–Crippen MR) is 118 cm³/mol. The second kappa shape index (κ2) is 11.0. The van der Waals surface area contributed by atoms with Gasteiger partial charge in [-0.05, 0) is 37.6 Å². The Balaban J connectivity index is 0.000000509. The molecule has 0 spiro atoms. The molecule has 0 saturated carbocycles. The molecule has 0 bridgehead atoms. The molecule has 0 radical (unpaired) electrons. The van der Waals surface area contributed by atoms with Crippen LogP contribution in [0.4, 0.5) is 13.2 Å². The van der Waals surface area contributed by atoms with Crippen molar-refractivity contribution in [3.05, 3.63) is 64.7 Å². The van der Waals surface area contributed by atoms with Gasteiger partial charge in [-0.3, -0.25) is 9.59 Å². The molecular formula is C23H26F3N3O5. The minimum absolute atomic E-state index is 0.223. The van der Waals surface area contributed by atoms with E-state index >= 15 is 0 Å². The molecule has 0 saturated heterocycles. The summed E-state index contributed by atoms with van der Waals surface area (Å²) in [5, 5.41) is 12.6. The highest BCUT2D eigenvalue weighted by Gasteiger charge is 2.41. The van der Waals surface area contributed by atoms with Gasteiger partial charge in [0.1, 0.15) is 12.4 Å². The number of halogens is 3. The summed E-state index contributed by atoms with van der Waals surface area (Å²) in [6, 6.07) is 13.4. The number of carbonyl (C=O) groups excluding carboxylic acids is 2. The van der Waals surface area contributed by atoms with Gasteiger partial charge in [-0.2, -0.15) is 13.2 Å². The first-order valence-corrected chi connectivity index (χ1v) is 10.3. The number of nitrogens with two attached hydrogens (primary N) is 1. The maximum Gasteiger partial charge on any atom is 0.490 e. The molecular weight excluding hydrogens is 455 g/mol. The smallest absolute Gasteiger partial charge is 0.490 e. The summed E-state index contributed by atoms with van der Waals surface area (Å²) in [5.41, 5.74) is 7.79. The summed E-state index contributed by atoms with van der Waals surface area (Å²) in [5.74, 6) is -2.72. The van der Waals surface area contributed by atoms with Gasteiger partial charge >= 0.3 is 12.1 Å². The van der Waals surface area contributed by atoms with Crippen molar-refractivity contribution in [2.24, 2.45) is 5.73 Å². The largest absolute Gasteiger partial charge is 0.491 e. The lowest BCUT2D eigenvalue weighted by Gasteiger charge is -2.24. The van der Waals surface area contributed by atoms with Crippen LogP contribution in [0.3, 0.4) is 0 Å². The molecule has 1 aliphatic rings. The van der Waals surface area contributed by atoms with Crippen LogP contribution in [0.1, 0.15) is 45.2 Å². The summed E-state index contributed by atoms with van der Waals surface area (Å²) in [6.07, 6.45) is -4.39. The molecule has 11 heteroatoms. The Morgan fingerprint density at radius 1 is 1.15 bits per heavy atom. The zero-order chi connectivity index (χ0) is 25.5. The molecule has 2 amide bonds. The first kappa shape index (κ1) is 26.7. The number of carboxylic acids is 1. The Bertz CT molecular complexity index is 1040. The van der Waals surface area contributed by atoms with Crippen LogP contribution in [0.5, 0.6) is 5.75 Å². The van der Waals surface area contributed by atoms with E-state index in [0.717, 1.165) is 11.1 Å². The number of carbonyl (C=O) groups is 3. The zero-order valence-corrected chi connectivity index (χ0v) is 18.7. The summed E-state index contributed by atoms with van der Waals surface area (Å²) in [7, 11) is 1.56. The summed E-state index contributed by atoms with van der Waals surface area (Å²) in [4.78, 5) is 33.9. The van der Waals surface area contributed by atoms with Crippen LogP contribution < -0.4 is 21.1 Å². The van der Waals surface area contributed by atoms with Gasteiger partial charge in [-0.15, -0.1) is 0 Å². The lowest BCUT2D eigenvalue weighted by Crippen LogP contribution is -2.28. The normalized spacial score (nSPS) is 16.4. The molecule has 34 heavy (non-hydrogen) atoms.